The van der Waals surface area contributed by atoms with Crippen LogP contribution in [0.5, 0.6) is 5.75 Å². The van der Waals surface area contributed by atoms with Crippen LogP contribution in [0.1, 0.15) is 24.8 Å². The van der Waals surface area contributed by atoms with Gasteiger partial charge in [-0.05, 0) is 37.8 Å². The molecule has 0 aliphatic heterocycles. The first-order valence-electron chi connectivity index (χ1n) is 5.68. The zero-order valence-electron chi connectivity index (χ0n) is 10.1. The van der Waals surface area contributed by atoms with E-state index in [1.165, 1.54) is 0 Å². The Bertz CT molecular complexity index is 443. The molecule has 0 saturated heterocycles. The van der Waals surface area contributed by atoms with E-state index < -0.39 is 10.0 Å². The van der Waals surface area contributed by atoms with Crippen molar-refractivity contribution in [3.63, 3.8) is 0 Å². The normalized spacial score (nSPS) is 11.4. The number of ether oxygens (including phenoxy) is 1. The minimum Gasteiger partial charge on any atom is -0.493 e. The largest absolute Gasteiger partial charge is 0.493 e. The van der Waals surface area contributed by atoms with Crippen LogP contribution in [0, 0.1) is 6.92 Å². The molecule has 1 aromatic carbocycles. The highest BCUT2D eigenvalue weighted by atomic mass is 32.2. The summed E-state index contributed by atoms with van der Waals surface area (Å²) in [6.07, 6.45) is 2.24. The van der Waals surface area contributed by atoms with E-state index in [0.717, 1.165) is 24.2 Å². The van der Waals surface area contributed by atoms with Crippen LogP contribution in [0.3, 0.4) is 0 Å². The monoisotopic (exact) mass is 257 g/mol. The molecule has 17 heavy (non-hydrogen) atoms. The minimum absolute atomic E-state index is 0.0529. The Hall–Kier alpha value is -1.07. The lowest BCUT2D eigenvalue weighted by molar-refractivity contribution is 0.304. The molecule has 0 aromatic heterocycles. The zero-order valence-corrected chi connectivity index (χ0v) is 10.9. The number of rotatable bonds is 7. The van der Waals surface area contributed by atoms with Gasteiger partial charge in [0.05, 0.1) is 12.4 Å². The summed E-state index contributed by atoms with van der Waals surface area (Å²) in [6, 6.07) is 7.83. The van der Waals surface area contributed by atoms with E-state index in [2.05, 4.69) is 0 Å². The maximum Gasteiger partial charge on any atom is 0.209 e. The number of nitrogens with two attached hydrogens (primary N) is 1. The number of unbranched alkanes of at least 4 members (excludes halogenated alkanes) is 2. The number of aryl methyl sites for hydroxylation is 1. The van der Waals surface area contributed by atoms with Gasteiger partial charge in [-0.1, -0.05) is 18.2 Å². The van der Waals surface area contributed by atoms with E-state index in [0.29, 0.717) is 13.0 Å². The van der Waals surface area contributed by atoms with Crippen molar-refractivity contribution in [2.75, 3.05) is 12.4 Å². The van der Waals surface area contributed by atoms with Crippen LogP contribution >= 0.6 is 0 Å². The second kappa shape index (κ2) is 6.61. The van der Waals surface area contributed by atoms with Crippen LogP contribution in [-0.2, 0) is 10.0 Å². The third kappa shape index (κ3) is 6.28. The van der Waals surface area contributed by atoms with Crippen molar-refractivity contribution in [3.8, 4) is 5.75 Å². The molecule has 0 atom stereocenters. The van der Waals surface area contributed by atoms with Gasteiger partial charge in [0.1, 0.15) is 5.75 Å². The summed E-state index contributed by atoms with van der Waals surface area (Å²) in [5, 5.41) is 4.90. The van der Waals surface area contributed by atoms with Crippen LogP contribution in [0.25, 0.3) is 0 Å². The zero-order chi connectivity index (χ0) is 12.7. The molecular formula is C12H19NO3S. The SMILES string of the molecule is Cc1ccccc1OCCCCCS(N)(=O)=O. The van der Waals surface area contributed by atoms with Crippen molar-refractivity contribution in [2.45, 2.75) is 26.2 Å². The molecule has 0 unspecified atom stereocenters. The smallest absolute Gasteiger partial charge is 0.209 e. The number of sulfonamides is 1. The number of hydrogen-bond acceptors (Lipinski definition) is 3. The van der Waals surface area contributed by atoms with Crippen molar-refractivity contribution in [3.05, 3.63) is 29.8 Å². The molecular weight excluding hydrogens is 238 g/mol. The Kier molecular flexibility index (Phi) is 5.44. The summed E-state index contributed by atoms with van der Waals surface area (Å²) in [4.78, 5) is 0. The first-order valence-corrected chi connectivity index (χ1v) is 7.39. The second-order valence-electron chi connectivity index (χ2n) is 4.04. The predicted molar refractivity (Wildman–Crippen MR) is 68.5 cm³/mol. The van der Waals surface area contributed by atoms with E-state index in [9.17, 15) is 8.42 Å². The highest BCUT2D eigenvalue weighted by Crippen LogP contribution is 2.16. The fraction of sp³-hybridized carbons (Fsp3) is 0.500. The lowest BCUT2D eigenvalue weighted by Gasteiger charge is -2.08. The van der Waals surface area contributed by atoms with E-state index in [4.69, 9.17) is 9.88 Å². The van der Waals surface area contributed by atoms with Crippen molar-refractivity contribution < 1.29 is 13.2 Å². The quantitative estimate of drug-likeness (QED) is 0.758. The summed E-state index contributed by atoms with van der Waals surface area (Å²) in [7, 11) is -3.31. The van der Waals surface area contributed by atoms with E-state index in [1.54, 1.807) is 0 Å². The fourth-order valence-corrected chi connectivity index (χ4v) is 2.09. The molecule has 0 heterocycles. The van der Waals surface area contributed by atoms with Crippen LogP contribution in [0.15, 0.2) is 24.3 Å². The van der Waals surface area contributed by atoms with Gasteiger partial charge in [0.15, 0.2) is 0 Å². The summed E-state index contributed by atoms with van der Waals surface area (Å²) >= 11 is 0. The second-order valence-corrected chi connectivity index (χ2v) is 5.78. The van der Waals surface area contributed by atoms with Gasteiger partial charge in [0, 0.05) is 0 Å². The third-order valence-corrected chi connectivity index (χ3v) is 3.28. The number of hydrogen-bond donors (Lipinski definition) is 1. The molecule has 0 bridgehead atoms. The molecule has 0 aliphatic rings. The summed E-state index contributed by atoms with van der Waals surface area (Å²) < 4.78 is 26.9. The minimum atomic E-state index is -3.31. The van der Waals surface area contributed by atoms with Crippen molar-refractivity contribution >= 4 is 10.0 Å². The Labute approximate surface area is 103 Å². The summed E-state index contributed by atoms with van der Waals surface area (Å²) in [5.74, 6) is 0.941. The van der Waals surface area contributed by atoms with Gasteiger partial charge in [-0.2, -0.15) is 0 Å². The molecule has 96 valence electrons. The van der Waals surface area contributed by atoms with Gasteiger partial charge in [-0.3, -0.25) is 0 Å². The van der Waals surface area contributed by atoms with Gasteiger partial charge in [-0.15, -0.1) is 0 Å². The number of para-hydroxylation sites is 1. The molecule has 4 nitrogen and oxygen atoms in total. The van der Waals surface area contributed by atoms with Crippen molar-refractivity contribution in [2.24, 2.45) is 5.14 Å². The number of primary sulfonamides is 1. The molecule has 2 N–H and O–H groups in total. The number of benzene rings is 1. The van der Waals surface area contributed by atoms with Crippen molar-refractivity contribution in [1.29, 1.82) is 0 Å². The van der Waals surface area contributed by atoms with Crippen LogP contribution in [0.2, 0.25) is 0 Å². The maximum atomic E-state index is 10.7. The molecule has 0 saturated carbocycles. The molecule has 0 fully saturated rings. The van der Waals surface area contributed by atoms with Gasteiger partial charge in [-0.25, -0.2) is 13.6 Å². The highest BCUT2D eigenvalue weighted by molar-refractivity contribution is 7.89. The Morgan fingerprint density at radius 3 is 2.53 bits per heavy atom. The average Bonchev–Trinajstić information content (AvgIpc) is 2.24. The fourth-order valence-electron chi connectivity index (χ4n) is 1.48. The molecule has 0 amide bonds. The first-order chi connectivity index (χ1) is 7.99. The van der Waals surface area contributed by atoms with Gasteiger partial charge in [0.2, 0.25) is 10.0 Å². The van der Waals surface area contributed by atoms with E-state index >= 15 is 0 Å². The highest BCUT2D eigenvalue weighted by Gasteiger charge is 2.02. The molecule has 0 radical (unpaired) electrons. The molecule has 0 aliphatic carbocycles. The van der Waals surface area contributed by atoms with Crippen LogP contribution in [0.4, 0.5) is 0 Å². The first kappa shape index (κ1) is 14.0. The molecule has 5 heteroatoms. The molecule has 1 rings (SSSR count). The van der Waals surface area contributed by atoms with E-state index in [-0.39, 0.29) is 5.75 Å². The van der Waals surface area contributed by atoms with Gasteiger partial charge < -0.3 is 4.74 Å². The van der Waals surface area contributed by atoms with Crippen LogP contribution in [-0.4, -0.2) is 20.8 Å². The lowest BCUT2D eigenvalue weighted by Crippen LogP contribution is -2.16. The van der Waals surface area contributed by atoms with Gasteiger partial charge >= 0.3 is 0 Å². The third-order valence-electron chi connectivity index (χ3n) is 2.42. The topological polar surface area (TPSA) is 69.4 Å². The molecule has 1 aromatic rings. The van der Waals surface area contributed by atoms with Crippen LogP contribution < -0.4 is 9.88 Å². The summed E-state index contributed by atoms with van der Waals surface area (Å²) in [5.41, 5.74) is 1.11. The maximum absolute atomic E-state index is 10.7. The van der Waals surface area contributed by atoms with Crippen molar-refractivity contribution in [1.82, 2.24) is 0 Å². The van der Waals surface area contributed by atoms with E-state index in [1.807, 2.05) is 31.2 Å². The summed E-state index contributed by atoms with van der Waals surface area (Å²) in [6.45, 7) is 2.60. The van der Waals surface area contributed by atoms with Gasteiger partial charge in [0.25, 0.3) is 0 Å². The lowest BCUT2D eigenvalue weighted by atomic mass is 10.2. The molecule has 0 spiro atoms. The Balaban J connectivity index is 2.15. The standard InChI is InChI=1S/C12H19NO3S/c1-11-7-3-4-8-12(11)16-9-5-2-6-10-17(13,14)15/h3-4,7-8H,2,5-6,9-10H2,1H3,(H2,13,14,15). The Morgan fingerprint density at radius 2 is 1.88 bits per heavy atom. The Morgan fingerprint density at radius 1 is 1.18 bits per heavy atom. The predicted octanol–water partition coefficient (Wildman–Crippen LogP) is 1.83. The average molecular weight is 257 g/mol.